The summed E-state index contributed by atoms with van der Waals surface area (Å²) < 4.78 is 0.884. The van der Waals surface area contributed by atoms with Crippen molar-refractivity contribution in [1.29, 1.82) is 0 Å². The molecule has 118 valence electrons. The first-order valence-corrected chi connectivity index (χ1v) is 7.90. The number of amides is 2. The quantitative estimate of drug-likeness (QED) is 0.703. The summed E-state index contributed by atoms with van der Waals surface area (Å²) in [6, 6.07) is 13.8. The number of nitrogens with one attached hydrogen (secondary N) is 3. The molecule has 0 aliphatic heterocycles. The van der Waals surface area contributed by atoms with Crippen LogP contribution in [-0.2, 0) is 0 Å². The third kappa shape index (κ3) is 4.61. The van der Waals surface area contributed by atoms with E-state index in [-0.39, 0.29) is 16.9 Å². The number of benzene rings is 2. The molecule has 0 fully saturated rings. The van der Waals surface area contributed by atoms with Crippen molar-refractivity contribution in [3.8, 4) is 0 Å². The van der Waals surface area contributed by atoms with Gasteiger partial charge in [0.1, 0.15) is 0 Å². The zero-order valence-electron chi connectivity index (χ0n) is 12.2. The van der Waals surface area contributed by atoms with Crippen LogP contribution in [-0.4, -0.2) is 24.0 Å². The lowest BCUT2D eigenvalue weighted by molar-refractivity contribution is 0.0961. The highest BCUT2D eigenvalue weighted by Crippen LogP contribution is 2.15. The molecular formula is C16H14BrN3O2S. The Labute approximate surface area is 147 Å². The molecule has 2 aromatic rings. The molecule has 0 atom stereocenters. The summed E-state index contributed by atoms with van der Waals surface area (Å²) in [7, 11) is 1.55. The van der Waals surface area contributed by atoms with Gasteiger partial charge in [-0.25, -0.2) is 0 Å². The van der Waals surface area contributed by atoms with Crippen molar-refractivity contribution in [2.45, 2.75) is 0 Å². The first kappa shape index (κ1) is 17.1. The Morgan fingerprint density at radius 3 is 2.30 bits per heavy atom. The number of thiocarbonyl (C=S) groups is 1. The highest BCUT2D eigenvalue weighted by Gasteiger charge is 2.12. The average Bonchev–Trinajstić information content (AvgIpc) is 2.55. The van der Waals surface area contributed by atoms with E-state index in [0.717, 1.165) is 4.47 Å². The molecule has 0 heterocycles. The van der Waals surface area contributed by atoms with Crippen molar-refractivity contribution in [2.24, 2.45) is 0 Å². The highest BCUT2D eigenvalue weighted by atomic mass is 79.9. The van der Waals surface area contributed by atoms with E-state index >= 15 is 0 Å². The summed E-state index contributed by atoms with van der Waals surface area (Å²) in [6.07, 6.45) is 0. The standard InChI is InChI=1S/C16H14BrN3O2S/c1-18-15(22)12-4-2-3-5-13(12)19-16(23)20-14(21)10-6-8-11(17)9-7-10/h2-9H,1H3,(H,18,22)(H2,19,20,21,23). The maximum atomic E-state index is 12.1. The molecule has 2 amide bonds. The molecule has 0 saturated carbocycles. The third-order valence-corrected chi connectivity index (χ3v) is 3.71. The number of anilines is 1. The van der Waals surface area contributed by atoms with Gasteiger partial charge in [-0.2, -0.15) is 0 Å². The van der Waals surface area contributed by atoms with Crippen LogP contribution in [0, 0.1) is 0 Å². The SMILES string of the molecule is CNC(=O)c1ccccc1NC(=S)NC(=O)c1ccc(Br)cc1. The van der Waals surface area contributed by atoms with Crippen LogP contribution < -0.4 is 16.0 Å². The molecule has 0 unspecified atom stereocenters. The van der Waals surface area contributed by atoms with Crippen LogP contribution in [0.25, 0.3) is 0 Å². The fraction of sp³-hybridized carbons (Fsp3) is 0.0625. The van der Waals surface area contributed by atoms with Gasteiger partial charge in [-0.15, -0.1) is 0 Å². The lowest BCUT2D eigenvalue weighted by Gasteiger charge is -2.12. The zero-order valence-corrected chi connectivity index (χ0v) is 14.6. The van der Waals surface area contributed by atoms with Crippen molar-refractivity contribution in [2.75, 3.05) is 12.4 Å². The summed E-state index contributed by atoms with van der Waals surface area (Å²) >= 11 is 8.45. The molecule has 2 aromatic carbocycles. The largest absolute Gasteiger partial charge is 0.355 e. The van der Waals surface area contributed by atoms with Crippen LogP contribution in [0.1, 0.15) is 20.7 Å². The van der Waals surface area contributed by atoms with Crippen molar-refractivity contribution >= 4 is 50.8 Å². The van der Waals surface area contributed by atoms with Gasteiger partial charge in [0.25, 0.3) is 11.8 Å². The van der Waals surface area contributed by atoms with Gasteiger partial charge >= 0.3 is 0 Å². The molecule has 0 radical (unpaired) electrons. The van der Waals surface area contributed by atoms with Crippen molar-refractivity contribution < 1.29 is 9.59 Å². The topological polar surface area (TPSA) is 70.2 Å². The maximum Gasteiger partial charge on any atom is 0.257 e. The second kappa shape index (κ2) is 7.85. The molecule has 2 rings (SSSR count). The van der Waals surface area contributed by atoms with E-state index in [1.807, 2.05) is 0 Å². The van der Waals surface area contributed by atoms with Crippen LogP contribution in [0.4, 0.5) is 5.69 Å². The van der Waals surface area contributed by atoms with Gasteiger partial charge in [0, 0.05) is 17.1 Å². The highest BCUT2D eigenvalue weighted by molar-refractivity contribution is 9.10. The Bertz CT molecular complexity index is 747. The molecule has 0 bridgehead atoms. The molecule has 0 aliphatic rings. The summed E-state index contributed by atoms with van der Waals surface area (Å²) in [5, 5.41) is 8.12. The van der Waals surface area contributed by atoms with Gasteiger partial charge in [-0.3, -0.25) is 14.9 Å². The van der Waals surface area contributed by atoms with Crippen molar-refractivity contribution in [3.63, 3.8) is 0 Å². The summed E-state index contributed by atoms with van der Waals surface area (Å²) in [4.78, 5) is 23.9. The Kier molecular flexibility index (Phi) is 5.84. The Hall–Kier alpha value is -2.25. The van der Waals surface area contributed by atoms with Crippen molar-refractivity contribution in [1.82, 2.24) is 10.6 Å². The average molecular weight is 392 g/mol. The van der Waals surface area contributed by atoms with Gasteiger partial charge in [0.2, 0.25) is 0 Å². The minimum absolute atomic E-state index is 0.120. The molecule has 0 aromatic heterocycles. The molecule has 0 spiro atoms. The van der Waals surface area contributed by atoms with E-state index in [1.54, 1.807) is 55.6 Å². The lowest BCUT2D eigenvalue weighted by atomic mass is 10.1. The molecule has 3 N–H and O–H groups in total. The van der Waals surface area contributed by atoms with Crippen molar-refractivity contribution in [3.05, 3.63) is 64.1 Å². The summed E-state index contributed by atoms with van der Waals surface area (Å²) in [5.41, 5.74) is 1.44. The minimum atomic E-state index is -0.326. The Balaban J connectivity index is 2.07. The molecule has 0 aliphatic carbocycles. The number of para-hydroxylation sites is 1. The van der Waals surface area contributed by atoms with E-state index in [0.29, 0.717) is 16.8 Å². The van der Waals surface area contributed by atoms with Crippen LogP contribution in [0.5, 0.6) is 0 Å². The smallest absolute Gasteiger partial charge is 0.257 e. The van der Waals surface area contributed by atoms with E-state index in [2.05, 4.69) is 31.9 Å². The predicted octanol–water partition coefficient (Wildman–Crippen LogP) is 2.94. The first-order valence-electron chi connectivity index (χ1n) is 6.70. The number of carbonyl (C=O) groups is 2. The predicted molar refractivity (Wildman–Crippen MR) is 97.7 cm³/mol. The Morgan fingerprint density at radius 2 is 1.65 bits per heavy atom. The van der Waals surface area contributed by atoms with Gasteiger partial charge in [-0.1, -0.05) is 28.1 Å². The van der Waals surface area contributed by atoms with E-state index in [1.165, 1.54) is 0 Å². The third-order valence-electron chi connectivity index (χ3n) is 2.98. The fourth-order valence-corrected chi connectivity index (χ4v) is 2.32. The minimum Gasteiger partial charge on any atom is -0.355 e. The molecular weight excluding hydrogens is 378 g/mol. The van der Waals surface area contributed by atoms with Crippen LogP contribution in [0.2, 0.25) is 0 Å². The molecule has 7 heteroatoms. The number of hydrogen-bond donors (Lipinski definition) is 3. The van der Waals surface area contributed by atoms with Crippen LogP contribution in [0.3, 0.4) is 0 Å². The Morgan fingerprint density at radius 1 is 1.00 bits per heavy atom. The van der Waals surface area contributed by atoms with Gasteiger partial charge in [0.15, 0.2) is 5.11 Å². The van der Waals surface area contributed by atoms with Crippen LogP contribution in [0.15, 0.2) is 53.0 Å². The maximum absolute atomic E-state index is 12.1. The monoisotopic (exact) mass is 391 g/mol. The van der Waals surface area contributed by atoms with Gasteiger partial charge in [0.05, 0.1) is 11.3 Å². The fourth-order valence-electron chi connectivity index (χ4n) is 1.85. The van der Waals surface area contributed by atoms with Gasteiger partial charge < -0.3 is 10.6 Å². The number of hydrogen-bond acceptors (Lipinski definition) is 3. The second-order valence-corrected chi connectivity index (χ2v) is 5.86. The lowest BCUT2D eigenvalue weighted by Crippen LogP contribution is -2.34. The van der Waals surface area contributed by atoms with E-state index in [9.17, 15) is 9.59 Å². The number of carbonyl (C=O) groups excluding carboxylic acids is 2. The van der Waals surface area contributed by atoms with E-state index in [4.69, 9.17) is 12.2 Å². The normalized spacial score (nSPS) is 9.83. The second-order valence-electron chi connectivity index (χ2n) is 4.54. The number of rotatable bonds is 3. The number of halogens is 1. The van der Waals surface area contributed by atoms with E-state index < -0.39 is 0 Å². The zero-order chi connectivity index (χ0) is 16.8. The molecule has 0 saturated heterocycles. The van der Waals surface area contributed by atoms with Crippen LogP contribution >= 0.6 is 28.1 Å². The molecule has 5 nitrogen and oxygen atoms in total. The molecule has 23 heavy (non-hydrogen) atoms. The first-order chi connectivity index (χ1) is 11.0. The van der Waals surface area contributed by atoms with Gasteiger partial charge in [-0.05, 0) is 48.6 Å². The summed E-state index contributed by atoms with van der Waals surface area (Å²) in [5.74, 6) is -0.567. The summed E-state index contributed by atoms with van der Waals surface area (Å²) in [6.45, 7) is 0.